The fourth-order valence-electron chi connectivity index (χ4n) is 2.86. The quantitative estimate of drug-likeness (QED) is 0.667. The average molecular weight is 335 g/mol. The second-order valence-corrected chi connectivity index (χ2v) is 6.08. The predicted octanol–water partition coefficient (Wildman–Crippen LogP) is 3.32. The van der Waals surface area contributed by atoms with Crippen molar-refractivity contribution in [2.24, 2.45) is 0 Å². The number of hydrogen-bond donors (Lipinski definition) is 1. The third-order valence-corrected chi connectivity index (χ3v) is 4.20. The fraction of sp³-hybridized carbons (Fsp3) is 0.632. The van der Waals surface area contributed by atoms with Crippen molar-refractivity contribution in [1.82, 2.24) is 5.32 Å². The van der Waals surface area contributed by atoms with Crippen LogP contribution in [0.2, 0.25) is 0 Å². The molecule has 1 fully saturated rings. The van der Waals surface area contributed by atoms with Crippen LogP contribution in [0, 0.1) is 0 Å². The van der Waals surface area contributed by atoms with E-state index in [9.17, 15) is 4.79 Å². The molecule has 1 N–H and O–H groups in total. The van der Waals surface area contributed by atoms with Crippen LogP contribution in [0.5, 0.6) is 11.5 Å². The standard InChI is InChI=1S/C19H29NO4/c1-22-17-10-5-6-11-18(17)24-15-12-19(21)20-13-7-14-23-16-8-3-2-4-9-16/h5-6,10-11,16H,2-4,7-9,12-15H2,1H3,(H,20,21). The molecule has 1 amide bonds. The number of rotatable bonds is 10. The molecule has 1 aromatic carbocycles. The Morgan fingerprint density at radius 1 is 1.12 bits per heavy atom. The van der Waals surface area contributed by atoms with Gasteiger partial charge < -0.3 is 19.5 Å². The molecule has 0 heterocycles. The van der Waals surface area contributed by atoms with Crippen LogP contribution < -0.4 is 14.8 Å². The Bertz CT molecular complexity index is 486. The predicted molar refractivity (Wildman–Crippen MR) is 93.6 cm³/mol. The van der Waals surface area contributed by atoms with Crippen LogP contribution in [0.15, 0.2) is 24.3 Å². The molecular formula is C19H29NO4. The van der Waals surface area contributed by atoms with E-state index in [0.29, 0.717) is 37.2 Å². The number of hydrogen-bond acceptors (Lipinski definition) is 4. The van der Waals surface area contributed by atoms with Gasteiger partial charge in [-0.3, -0.25) is 4.79 Å². The topological polar surface area (TPSA) is 56.8 Å². The number of benzene rings is 1. The molecular weight excluding hydrogens is 306 g/mol. The summed E-state index contributed by atoms with van der Waals surface area (Å²) in [7, 11) is 1.60. The van der Waals surface area contributed by atoms with Gasteiger partial charge in [-0.15, -0.1) is 0 Å². The summed E-state index contributed by atoms with van der Waals surface area (Å²) in [6.07, 6.45) is 7.91. The number of amides is 1. The van der Waals surface area contributed by atoms with Crippen molar-refractivity contribution < 1.29 is 19.0 Å². The van der Waals surface area contributed by atoms with Gasteiger partial charge in [0, 0.05) is 13.2 Å². The van der Waals surface area contributed by atoms with Crippen LogP contribution in [0.4, 0.5) is 0 Å². The molecule has 0 bridgehead atoms. The molecule has 5 heteroatoms. The lowest BCUT2D eigenvalue weighted by Crippen LogP contribution is -2.27. The van der Waals surface area contributed by atoms with Crippen LogP contribution in [0.1, 0.15) is 44.9 Å². The van der Waals surface area contributed by atoms with Crippen molar-refractivity contribution >= 4 is 5.91 Å². The highest BCUT2D eigenvalue weighted by atomic mass is 16.5. The number of nitrogens with one attached hydrogen (secondary N) is 1. The molecule has 1 aromatic rings. The van der Waals surface area contributed by atoms with Crippen molar-refractivity contribution in [3.05, 3.63) is 24.3 Å². The molecule has 0 saturated heterocycles. The first-order chi connectivity index (χ1) is 11.8. The molecule has 24 heavy (non-hydrogen) atoms. The van der Waals surface area contributed by atoms with Crippen molar-refractivity contribution in [3.63, 3.8) is 0 Å². The van der Waals surface area contributed by atoms with Gasteiger partial charge in [0.2, 0.25) is 5.91 Å². The van der Waals surface area contributed by atoms with Gasteiger partial charge in [0.25, 0.3) is 0 Å². The van der Waals surface area contributed by atoms with Crippen LogP contribution in [-0.4, -0.2) is 38.9 Å². The second kappa shape index (κ2) is 10.9. The molecule has 1 saturated carbocycles. The van der Waals surface area contributed by atoms with E-state index in [1.165, 1.54) is 32.1 Å². The van der Waals surface area contributed by atoms with E-state index in [1.807, 2.05) is 24.3 Å². The van der Waals surface area contributed by atoms with E-state index in [-0.39, 0.29) is 5.91 Å². The van der Waals surface area contributed by atoms with Gasteiger partial charge in [-0.25, -0.2) is 0 Å². The zero-order valence-electron chi connectivity index (χ0n) is 14.6. The number of ether oxygens (including phenoxy) is 3. The highest BCUT2D eigenvalue weighted by Crippen LogP contribution is 2.25. The Kier molecular flexibility index (Phi) is 8.46. The highest BCUT2D eigenvalue weighted by molar-refractivity contribution is 5.75. The van der Waals surface area contributed by atoms with E-state index in [1.54, 1.807) is 7.11 Å². The Hall–Kier alpha value is -1.75. The Labute approximate surface area is 144 Å². The number of carbonyl (C=O) groups is 1. The summed E-state index contributed by atoms with van der Waals surface area (Å²) < 4.78 is 16.6. The third kappa shape index (κ3) is 6.79. The van der Waals surface area contributed by atoms with E-state index in [4.69, 9.17) is 14.2 Å². The minimum Gasteiger partial charge on any atom is -0.493 e. The maximum Gasteiger partial charge on any atom is 0.223 e. The summed E-state index contributed by atoms with van der Waals surface area (Å²) >= 11 is 0. The lowest BCUT2D eigenvalue weighted by atomic mass is 9.98. The van der Waals surface area contributed by atoms with Crippen molar-refractivity contribution in [3.8, 4) is 11.5 Å². The lowest BCUT2D eigenvalue weighted by Gasteiger charge is -2.21. The largest absolute Gasteiger partial charge is 0.493 e. The Morgan fingerprint density at radius 2 is 1.88 bits per heavy atom. The van der Waals surface area contributed by atoms with Gasteiger partial charge in [-0.2, -0.15) is 0 Å². The van der Waals surface area contributed by atoms with Crippen LogP contribution in [-0.2, 0) is 9.53 Å². The first-order valence-electron chi connectivity index (χ1n) is 8.93. The van der Waals surface area contributed by atoms with Crippen LogP contribution >= 0.6 is 0 Å². The van der Waals surface area contributed by atoms with Crippen LogP contribution in [0.3, 0.4) is 0 Å². The SMILES string of the molecule is COc1ccccc1OCCC(=O)NCCCOC1CCCCC1. The summed E-state index contributed by atoms with van der Waals surface area (Å²) in [5, 5.41) is 2.91. The maximum absolute atomic E-state index is 11.8. The van der Waals surface area contributed by atoms with Crippen molar-refractivity contribution in [2.75, 3.05) is 26.9 Å². The highest BCUT2D eigenvalue weighted by Gasteiger charge is 2.13. The average Bonchev–Trinajstić information content (AvgIpc) is 2.63. The second-order valence-electron chi connectivity index (χ2n) is 6.08. The number of para-hydroxylation sites is 2. The third-order valence-electron chi connectivity index (χ3n) is 4.20. The van der Waals surface area contributed by atoms with Crippen molar-refractivity contribution in [1.29, 1.82) is 0 Å². The molecule has 2 rings (SSSR count). The van der Waals surface area contributed by atoms with E-state index >= 15 is 0 Å². The molecule has 134 valence electrons. The molecule has 0 radical (unpaired) electrons. The molecule has 0 aromatic heterocycles. The molecule has 0 atom stereocenters. The summed E-state index contributed by atoms with van der Waals surface area (Å²) in [5.41, 5.74) is 0. The zero-order chi connectivity index (χ0) is 17.0. The van der Waals surface area contributed by atoms with E-state index < -0.39 is 0 Å². The van der Waals surface area contributed by atoms with Gasteiger partial charge in [0.1, 0.15) is 0 Å². The summed E-state index contributed by atoms with van der Waals surface area (Å²) in [6.45, 7) is 1.72. The normalized spacial score (nSPS) is 15.0. The minimum atomic E-state index is 0.00237. The molecule has 1 aliphatic carbocycles. The summed E-state index contributed by atoms with van der Waals surface area (Å²) in [5.74, 6) is 1.34. The monoisotopic (exact) mass is 335 g/mol. The molecule has 5 nitrogen and oxygen atoms in total. The molecule has 0 unspecified atom stereocenters. The van der Waals surface area contributed by atoms with Gasteiger partial charge in [0.05, 0.1) is 26.2 Å². The van der Waals surface area contributed by atoms with Crippen LogP contribution in [0.25, 0.3) is 0 Å². The van der Waals surface area contributed by atoms with Gasteiger partial charge in [-0.1, -0.05) is 31.4 Å². The number of methoxy groups -OCH3 is 1. The van der Waals surface area contributed by atoms with E-state index in [0.717, 1.165) is 13.0 Å². The van der Waals surface area contributed by atoms with Gasteiger partial charge >= 0.3 is 0 Å². The summed E-state index contributed by atoms with van der Waals surface area (Å²) in [6, 6.07) is 7.43. The van der Waals surface area contributed by atoms with Crippen molar-refractivity contribution in [2.45, 2.75) is 51.0 Å². The van der Waals surface area contributed by atoms with Gasteiger partial charge in [0.15, 0.2) is 11.5 Å². The lowest BCUT2D eigenvalue weighted by molar-refractivity contribution is -0.121. The number of carbonyl (C=O) groups excluding carboxylic acids is 1. The molecule has 0 spiro atoms. The van der Waals surface area contributed by atoms with E-state index in [2.05, 4.69) is 5.32 Å². The maximum atomic E-state index is 11.8. The molecule has 1 aliphatic rings. The zero-order valence-corrected chi connectivity index (χ0v) is 14.6. The minimum absolute atomic E-state index is 0.00237. The Morgan fingerprint density at radius 3 is 2.62 bits per heavy atom. The molecule has 0 aliphatic heterocycles. The summed E-state index contributed by atoms with van der Waals surface area (Å²) in [4.78, 5) is 11.8. The Balaban J connectivity index is 1.50. The van der Waals surface area contributed by atoms with Gasteiger partial charge in [-0.05, 0) is 31.4 Å². The first kappa shape index (κ1) is 18.6. The fourth-order valence-corrected chi connectivity index (χ4v) is 2.86. The first-order valence-corrected chi connectivity index (χ1v) is 8.93. The smallest absolute Gasteiger partial charge is 0.223 e.